The number of fused-ring (bicyclic) bond motifs is 1. The predicted octanol–water partition coefficient (Wildman–Crippen LogP) is 1.48. The number of piperazine rings is 1. The van der Waals surface area contributed by atoms with Gasteiger partial charge < -0.3 is 0 Å². The number of hydrogen-bond acceptors (Lipinski definition) is 2. The largest absolute Gasteiger partial charge is 0.238 e. The van der Waals surface area contributed by atoms with Gasteiger partial charge in [-0.2, -0.15) is 0 Å². The lowest BCUT2D eigenvalue weighted by Crippen LogP contribution is -2.75. The van der Waals surface area contributed by atoms with Gasteiger partial charge in [-0.25, -0.2) is 10.0 Å². The highest BCUT2D eigenvalue weighted by atomic mass is 15.8. The van der Waals surface area contributed by atoms with Crippen molar-refractivity contribution in [1.82, 2.24) is 10.0 Å². The summed E-state index contributed by atoms with van der Waals surface area (Å²) < 4.78 is 0. The van der Waals surface area contributed by atoms with Crippen molar-refractivity contribution in [1.29, 1.82) is 0 Å². The van der Waals surface area contributed by atoms with E-state index in [0.29, 0.717) is 0 Å². The minimum absolute atomic E-state index is 0.957. The van der Waals surface area contributed by atoms with Crippen LogP contribution >= 0.6 is 0 Å². The van der Waals surface area contributed by atoms with Gasteiger partial charge in [0.15, 0.2) is 0 Å². The maximum Gasteiger partial charge on any atom is 0.0416 e. The molecule has 2 nitrogen and oxygen atoms in total. The Labute approximate surface area is 74.5 Å². The lowest BCUT2D eigenvalue weighted by molar-refractivity contribution is -0.250. The molecular weight excluding hydrogens is 148 g/mol. The third-order valence-electron chi connectivity index (χ3n) is 3.93. The van der Waals surface area contributed by atoms with Gasteiger partial charge in [0, 0.05) is 25.7 Å². The first kappa shape index (κ1) is 7.34. The molecule has 1 aliphatic carbocycles. The van der Waals surface area contributed by atoms with Crippen LogP contribution < -0.4 is 0 Å². The van der Waals surface area contributed by atoms with Gasteiger partial charge in [-0.05, 0) is 18.8 Å². The average molecular weight is 166 g/mol. The Morgan fingerprint density at radius 2 is 1.75 bits per heavy atom. The van der Waals surface area contributed by atoms with Gasteiger partial charge in [0.05, 0.1) is 0 Å². The van der Waals surface area contributed by atoms with E-state index in [0.717, 1.165) is 12.0 Å². The summed E-state index contributed by atoms with van der Waals surface area (Å²) in [5, 5.41) is 5.09. The van der Waals surface area contributed by atoms with E-state index in [2.05, 4.69) is 10.0 Å². The lowest BCUT2D eigenvalue weighted by Gasteiger charge is -2.61. The zero-order valence-electron chi connectivity index (χ0n) is 7.71. The predicted molar refractivity (Wildman–Crippen MR) is 48.6 cm³/mol. The summed E-state index contributed by atoms with van der Waals surface area (Å²) in [5.74, 6) is 1.05. The van der Waals surface area contributed by atoms with Gasteiger partial charge in [0.1, 0.15) is 0 Å². The van der Waals surface area contributed by atoms with Crippen LogP contribution in [0, 0.1) is 5.92 Å². The van der Waals surface area contributed by atoms with Crippen molar-refractivity contribution in [3.05, 3.63) is 0 Å². The highest BCUT2D eigenvalue weighted by Gasteiger charge is 2.46. The monoisotopic (exact) mass is 166 g/mol. The van der Waals surface area contributed by atoms with E-state index >= 15 is 0 Å². The molecule has 2 aliphatic heterocycles. The first-order valence-electron chi connectivity index (χ1n) is 5.46. The summed E-state index contributed by atoms with van der Waals surface area (Å²) in [4.78, 5) is 0. The normalized spacial score (nSPS) is 38.5. The van der Waals surface area contributed by atoms with Crippen LogP contribution in [0.3, 0.4) is 0 Å². The van der Waals surface area contributed by atoms with Crippen LogP contribution in [0.25, 0.3) is 0 Å². The highest BCUT2D eigenvalue weighted by molar-refractivity contribution is 4.95. The SMILES string of the molecule is C1CCC(C2CN3CCN23)CC1. The number of hydrogen-bond donors (Lipinski definition) is 0. The molecule has 2 heteroatoms. The molecule has 0 spiro atoms. The fourth-order valence-corrected chi connectivity index (χ4v) is 3.05. The van der Waals surface area contributed by atoms with Crippen LogP contribution in [-0.4, -0.2) is 35.7 Å². The van der Waals surface area contributed by atoms with E-state index in [-0.39, 0.29) is 0 Å². The Kier molecular flexibility index (Phi) is 1.66. The van der Waals surface area contributed by atoms with Crippen molar-refractivity contribution in [2.45, 2.75) is 38.1 Å². The molecule has 0 N–H and O–H groups in total. The van der Waals surface area contributed by atoms with Crippen molar-refractivity contribution in [2.75, 3.05) is 19.6 Å². The Morgan fingerprint density at radius 1 is 0.917 bits per heavy atom. The molecule has 0 aromatic heterocycles. The Balaban J connectivity index is 1.58. The third kappa shape index (κ3) is 0.944. The van der Waals surface area contributed by atoms with E-state index in [1.807, 2.05) is 0 Å². The van der Waals surface area contributed by atoms with Gasteiger partial charge in [-0.3, -0.25) is 0 Å². The molecule has 3 aliphatic rings. The standard InChI is InChI=1S/C10H18N2/c1-2-4-9(5-3-1)10-8-11-6-7-12(10)11/h9-10H,1-8H2. The molecule has 0 radical (unpaired) electrons. The molecule has 0 amide bonds. The van der Waals surface area contributed by atoms with Crippen LogP contribution in [0.15, 0.2) is 0 Å². The van der Waals surface area contributed by atoms with Crippen LogP contribution in [0.2, 0.25) is 0 Å². The van der Waals surface area contributed by atoms with Crippen molar-refractivity contribution in [3.8, 4) is 0 Å². The molecule has 1 unspecified atom stereocenters. The second kappa shape index (κ2) is 2.71. The average Bonchev–Trinajstić information content (AvgIpc) is 2.11. The summed E-state index contributed by atoms with van der Waals surface area (Å²) in [5.41, 5.74) is 0. The Bertz CT molecular complexity index is 172. The smallest absolute Gasteiger partial charge is 0.0416 e. The maximum atomic E-state index is 2.59. The molecule has 1 saturated carbocycles. The number of rotatable bonds is 1. The first-order chi connectivity index (χ1) is 5.95. The number of hydrazine groups is 1. The third-order valence-corrected chi connectivity index (χ3v) is 3.93. The molecule has 0 bridgehead atoms. The van der Waals surface area contributed by atoms with Crippen LogP contribution in [-0.2, 0) is 0 Å². The van der Waals surface area contributed by atoms with Gasteiger partial charge in [-0.1, -0.05) is 19.3 Å². The van der Waals surface area contributed by atoms with Gasteiger partial charge >= 0.3 is 0 Å². The Hall–Kier alpha value is -0.0800. The van der Waals surface area contributed by atoms with Crippen LogP contribution in [0.4, 0.5) is 0 Å². The molecule has 0 aromatic rings. The molecule has 68 valence electrons. The van der Waals surface area contributed by atoms with E-state index in [9.17, 15) is 0 Å². The summed E-state index contributed by atoms with van der Waals surface area (Å²) in [6, 6.07) is 0.957. The minimum Gasteiger partial charge on any atom is -0.238 e. The minimum atomic E-state index is 0.957. The zero-order valence-corrected chi connectivity index (χ0v) is 7.71. The van der Waals surface area contributed by atoms with Crippen molar-refractivity contribution >= 4 is 0 Å². The van der Waals surface area contributed by atoms with E-state index in [1.165, 1.54) is 51.7 Å². The maximum absolute atomic E-state index is 2.59. The van der Waals surface area contributed by atoms with Gasteiger partial charge in [-0.15, -0.1) is 0 Å². The number of nitrogens with zero attached hydrogens (tertiary/aromatic N) is 2. The summed E-state index contributed by atoms with van der Waals surface area (Å²) in [6.07, 6.45) is 7.50. The molecule has 1 atom stereocenters. The van der Waals surface area contributed by atoms with E-state index in [1.54, 1.807) is 0 Å². The second-order valence-corrected chi connectivity index (χ2v) is 4.54. The second-order valence-electron chi connectivity index (χ2n) is 4.54. The van der Waals surface area contributed by atoms with Gasteiger partial charge in [0.2, 0.25) is 0 Å². The Morgan fingerprint density at radius 3 is 2.25 bits per heavy atom. The molecule has 3 fully saturated rings. The summed E-state index contributed by atoms with van der Waals surface area (Å²) in [7, 11) is 0. The van der Waals surface area contributed by atoms with Crippen molar-refractivity contribution in [2.24, 2.45) is 5.92 Å². The molecule has 3 rings (SSSR count). The van der Waals surface area contributed by atoms with Crippen molar-refractivity contribution in [3.63, 3.8) is 0 Å². The van der Waals surface area contributed by atoms with Crippen LogP contribution in [0.1, 0.15) is 32.1 Å². The van der Waals surface area contributed by atoms with Gasteiger partial charge in [0.25, 0.3) is 0 Å². The summed E-state index contributed by atoms with van der Waals surface area (Å²) in [6.45, 7) is 4.06. The quantitative estimate of drug-likeness (QED) is 0.582. The topological polar surface area (TPSA) is 6.48 Å². The zero-order chi connectivity index (χ0) is 7.97. The van der Waals surface area contributed by atoms with E-state index in [4.69, 9.17) is 0 Å². The fraction of sp³-hybridized carbons (Fsp3) is 1.00. The van der Waals surface area contributed by atoms with Crippen molar-refractivity contribution < 1.29 is 0 Å². The lowest BCUT2D eigenvalue weighted by atomic mass is 9.81. The molecular formula is C10H18N2. The van der Waals surface area contributed by atoms with Crippen LogP contribution in [0.5, 0.6) is 0 Å². The molecule has 2 heterocycles. The molecule has 12 heavy (non-hydrogen) atoms. The summed E-state index contributed by atoms with van der Waals surface area (Å²) >= 11 is 0. The fourth-order valence-electron chi connectivity index (χ4n) is 3.05. The van der Waals surface area contributed by atoms with E-state index < -0.39 is 0 Å². The molecule has 2 saturated heterocycles. The molecule has 0 aromatic carbocycles. The highest BCUT2D eigenvalue weighted by Crippen LogP contribution is 2.37. The first-order valence-corrected chi connectivity index (χ1v) is 5.46.